The highest BCUT2D eigenvalue weighted by molar-refractivity contribution is 5.83. The first-order valence-electron chi connectivity index (χ1n) is 7.96. The van der Waals surface area contributed by atoms with Crippen LogP contribution in [0.4, 0.5) is 5.69 Å². The number of carbonyl (C=O) groups is 1. The highest BCUT2D eigenvalue weighted by atomic mass is 16.3. The second kappa shape index (κ2) is 8.63. The van der Waals surface area contributed by atoms with E-state index in [4.69, 9.17) is 9.52 Å². The summed E-state index contributed by atoms with van der Waals surface area (Å²) in [7, 11) is 0. The standard InChI is InChI=1S/C18H17N5O3/c24-10-9-21-18(25)17(14-5-7-19-8-6-14)23-22-15-3-1-13(2-4-15)16-11-20-12-26-16/h1-8,11-12,17,24H,9-10H2,(H,21,25). The first kappa shape index (κ1) is 17.4. The predicted octanol–water partition coefficient (Wildman–Crippen LogP) is 2.67. The summed E-state index contributed by atoms with van der Waals surface area (Å²) in [6, 6.07) is 9.81. The van der Waals surface area contributed by atoms with E-state index in [1.807, 2.05) is 12.1 Å². The topological polar surface area (TPSA) is 113 Å². The lowest BCUT2D eigenvalue weighted by Gasteiger charge is -2.11. The van der Waals surface area contributed by atoms with Gasteiger partial charge < -0.3 is 14.8 Å². The molecule has 3 aromatic rings. The van der Waals surface area contributed by atoms with Gasteiger partial charge in [-0.25, -0.2) is 4.98 Å². The number of aliphatic hydroxyl groups is 1. The van der Waals surface area contributed by atoms with E-state index in [0.29, 0.717) is 17.0 Å². The van der Waals surface area contributed by atoms with Crippen LogP contribution in [0.1, 0.15) is 11.6 Å². The minimum absolute atomic E-state index is 0.144. The van der Waals surface area contributed by atoms with Crippen molar-refractivity contribution in [3.05, 3.63) is 66.9 Å². The number of benzene rings is 1. The molecule has 3 rings (SSSR count). The number of aliphatic hydroxyl groups excluding tert-OH is 1. The molecule has 8 nitrogen and oxygen atoms in total. The Morgan fingerprint density at radius 2 is 1.92 bits per heavy atom. The van der Waals surface area contributed by atoms with Crippen LogP contribution in [0.3, 0.4) is 0 Å². The van der Waals surface area contributed by atoms with Gasteiger partial charge in [0.05, 0.1) is 18.5 Å². The maximum absolute atomic E-state index is 12.3. The maximum atomic E-state index is 12.3. The lowest BCUT2D eigenvalue weighted by atomic mass is 10.1. The van der Waals surface area contributed by atoms with Gasteiger partial charge in [-0.1, -0.05) is 0 Å². The quantitative estimate of drug-likeness (QED) is 0.635. The maximum Gasteiger partial charge on any atom is 0.251 e. The Bertz CT molecular complexity index is 848. The van der Waals surface area contributed by atoms with Crippen molar-refractivity contribution < 1.29 is 14.3 Å². The number of carbonyl (C=O) groups excluding carboxylic acids is 1. The smallest absolute Gasteiger partial charge is 0.251 e. The van der Waals surface area contributed by atoms with Gasteiger partial charge in [0.15, 0.2) is 18.2 Å². The number of nitrogens with one attached hydrogen (secondary N) is 1. The summed E-state index contributed by atoms with van der Waals surface area (Å²) in [5.41, 5.74) is 2.13. The number of aromatic nitrogens is 2. The lowest BCUT2D eigenvalue weighted by Crippen LogP contribution is -2.30. The zero-order valence-electron chi connectivity index (χ0n) is 13.8. The second-order valence-corrected chi connectivity index (χ2v) is 5.33. The van der Waals surface area contributed by atoms with Crippen LogP contribution in [0.2, 0.25) is 0 Å². The van der Waals surface area contributed by atoms with E-state index < -0.39 is 6.04 Å². The van der Waals surface area contributed by atoms with Crippen molar-refractivity contribution >= 4 is 11.6 Å². The average molecular weight is 351 g/mol. The zero-order valence-corrected chi connectivity index (χ0v) is 13.8. The van der Waals surface area contributed by atoms with E-state index in [1.54, 1.807) is 42.9 Å². The minimum atomic E-state index is -0.821. The molecule has 0 aliphatic heterocycles. The molecule has 0 saturated carbocycles. The zero-order chi connectivity index (χ0) is 18.2. The molecule has 0 saturated heterocycles. The van der Waals surface area contributed by atoms with E-state index in [0.717, 1.165) is 5.56 Å². The Kier molecular flexibility index (Phi) is 5.79. The van der Waals surface area contributed by atoms with Crippen LogP contribution in [0, 0.1) is 0 Å². The van der Waals surface area contributed by atoms with Crippen LogP contribution in [-0.2, 0) is 4.79 Å². The molecule has 0 aliphatic carbocycles. The van der Waals surface area contributed by atoms with Gasteiger partial charge in [-0.15, -0.1) is 0 Å². The fraction of sp³-hybridized carbons (Fsp3) is 0.167. The Balaban J connectivity index is 1.78. The molecular weight excluding hydrogens is 334 g/mol. The van der Waals surface area contributed by atoms with Gasteiger partial charge in [0.1, 0.15) is 0 Å². The number of azo groups is 1. The highest BCUT2D eigenvalue weighted by Crippen LogP contribution is 2.24. The first-order valence-corrected chi connectivity index (χ1v) is 7.96. The molecule has 2 heterocycles. The third-order valence-electron chi connectivity index (χ3n) is 3.55. The van der Waals surface area contributed by atoms with Gasteiger partial charge in [-0.2, -0.15) is 10.2 Å². The van der Waals surface area contributed by atoms with E-state index >= 15 is 0 Å². The summed E-state index contributed by atoms with van der Waals surface area (Å²) in [6.45, 7) is 0.0108. The van der Waals surface area contributed by atoms with E-state index in [9.17, 15) is 4.79 Å². The fourth-order valence-electron chi connectivity index (χ4n) is 2.27. The van der Waals surface area contributed by atoms with Crippen LogP contribution >= 0.6 is 0 Å². The van der Waals surface area contributed by atoms with Crippen molar-refractivity contribution in [2.45, 2.75) is 6.04 Å². The predicted molar refractivity (Wildman–Crippen MR) is 93.5 cm³/mol. The normalized spacial score (nSPS) is 12.2. The number of pyridine rings is 1. The minimum Gasteiger partial charge on any atom is -0.444 e. The fourth-order valence-corrected chi connectivity index (χ4v) is 2.27. The third kappa shape index (κ3) is 4.37. The summed E-state index contributed by atoms with van der Waals surface area (Å²) in [5, 5.41) is 19.8. The third-order valence-corrected chi connectivity index (χ3v) is 3.55. The molecule has 0 fully saturated rings. The molecule has 0 spiro atoms. The molecule has 1 atom stereocenters. The summed E-state index contributed by atoms with van der Waals surface area (Å²) in [4.78, 5) is 20.1. The van der Waals surface area contributed by atoms with Crippen molar-refractivity contribution in [2.75, 3.05) is 13.2 Å². The molecule has 26 heavy (non-hydrogen) atoms. The molecule has 1 amide bonds. The number of amides is 1. The van der Waals surface area contributed by atoms with Crippen molar-refractivity contribution in [1.29, 1.82) is 0 Å². The molecule has 1 aromatic carbocycles. The molecule has 0 aliphatic rings. The van der Waals surface area contributed by atoms with E-state index in [-0.39, 0.29) is 19.1 Å². The van der Waals surface area contributed by atoms with Crippen LogP contribution in [0.5, 0.6) is 0 Å². The summed E-state index contributed by atoms with van der Waals surface area (Å²) in [5.74, 6) is 0.318. The van der Waals surface area contributed by atoms with Crippen LogP contribution < -0.4 is 5.32 Å². The van der Waals surface area contributed by atoms with Crippen molar-refractivity contribution in [1.82, 2.24) is 15.3 Å². The Morgan fingerprint density at radius 3 is 2.58 bits per heavy atom. The number of hydrogen-bond donors (Lipinski definition) is 2. The first-order chi connectivity index (χ1) is 12.8. The Morgan fingerprint density at radius 1 is 1.15 bits per heavy atom. The monoisotopic (exact) mass is 351 g/mol. The molecule has 8 heteroatoms. The lowest BCUT2D eigenvalue weighted by molar-refractivity contribution is -0.122. The highest BCUT2D eigenvalue weighted by Gasteiger charge is 2.19. The number of nitrogens with zero attached hydrogens (tertiary/aromatic N) is 4. The van der Waals surface area contributed by atoms with Crippen LogP contribution in [-0.4, -0.2) is 34.1 Å². The number of rotatable bonds is 7. The molecule has 2 aromatic heterocycles. The van der Waals surface area contributed by atoms with Crippen LogP contribution in [0.15, 0.2) is 76.0 Å². The number of oxazole rings is 1. The van der Waals surface area contributed by atoms with Gasteiger partial charge >= 0.3 is 0 Å². The molecule has 1 unspecified atom stereocenters. The SMILES string of the molecule is O=C(NCCO)C(N=Nc1ccc(-c2cnco2)cc1)c1ccncc1. The average Bonchev–Trinajstić information content (AvgIpc) is 3.22. The number of hydrogen-bond acceptors (Lipinski definition) is 7. The Hall–Kier alpha value is -3.39. The van der Waals surface area contributed by atoms with Gasteiger partial charge in [-0.3, -0.25) is 9.78 Å². The van der Waals surface area contributed by atoms with Crippen LogP contribution in [0.25, 0.3) is 11.3 Å². The van der Waals surface area contributed by atoms with Crippen molar-refractivity contribution in [3.63, 3.8) is 0 Å². The summed E-state index contributed by atoms with van der Waals surface area (Å²) < 4.78 is 5.24. The van der Waals surface area contributed by atoms with Crippen molar-refractivity contribution in [3.8, 4) is 11.3 Å². The summed E-state index contributed by atoms with van der Waals surface area (Å²) >= 11 is 0. The largest absolute Gasteiger partial charge is 0.444 e. The van der Waals surface area contributed by atoms with E-state index in [1.165, 1.54) is 6.39 Å². The van der Waals surface area contributed by atoms with Gasteiger partial charge in [0.2, 0.25) is 0 Å². The van der Waals surface area contributed by atoms with Gasteiger partial charge in [0.25, 0.3) is 5.91 Å². The van der Waals surface area contributed by atoms with Crippen molar-refractivity contribution in [2.24, 2.45) is 10.2 Å². The molecule has 0 radical (unpaired) electrons. The molecule has 132 valence electrons. The second-order valence-electron chi connectivity index (χ2n) is 5.33. The molecule has 2 N–H and O–H groups in total. The van der Waals surface area contributed by atoms with Gasteiger partial charge in [0, 0.05) is 24.5 Å². The molecular formula is C18H17N5O3. The Labute approximate surface area is 149 Å². The summed E-state index contributed by atoms with van der Waals surface area (Å²) in [6.07, 6.45) is 6.17. The van der Waals surface area contributed by atoms with Gasteiger partial charge in [-0.05, 0) is 42.0 Å². The molecule has 0 bridgehead atoms. The van der Waals surface area contributed by atoms with E-state index in [2.05, 4.69) is 25.5 Å².